The Balaban J connectivity index is 3.88. The number of carbonyl (C=O) groups excluding carboxylic acids is 2. The quantitative estimate of drug-likeness (QED) is 0.507. The summed E-state index contributed by atoms with van der Waals surface area (Å²) in [5.74, 6) is -1.51. The molecule has 0 radical (unpaired) electrons. The van der Waals surface area contributed by atoms with E-state index in [0.717, 1.165) is 0 Å². The maximum Gasteiger partial charge on any atom is 0.318 e. The van der Waals surface area contributed by atoms with Crippen molar-refractivity contribution in [2.75, 3.05) is 0 Å². The Labute approximate surface area is 57.8 Å². The fourth-order valence-corrected chi connectivity index (χ4v) is 0.288. The van der Waals surface area contributed by atoms with Gasteiger partial charge in [-0.25, -0.2) is 4.79 Å². The second-order valence-corrected chi connectivity index (χ2v) is 1.70. The van der Waals surface area contributed by atoms with Gasteiger partial charge in [-0.2, -0.15) is 5.26 Å². The van der Waals surface area contributed by atoms with Crippen molar-refractivity contribution in [1.82, 2.24) is 5.32 Å². The first-order chi connectivity index (χ1) is 4.57. The third-order valence-electron chi connectivity index (χ3n) is 0.833. The third kappa shape index (κ3) is 2.67. The number of nitrogens with one attached hydrogen (secondary N) is 1. The molecule has 54 valence electrons. The van der Waals surface area contributed by atoms with Gasteiger partial charge in [0.1, 0.15) is 5.92 Å². The van der Waals surface area contributed by atoms with E-state index in [4.69, 9.17) is 5.26 Å². The summed E-state index contributed by atoms with van der Waals surface area (Å²) in [6, 6.07) is 0.712. The first-order valence-corrected chi connectivity index (χ1v) is 2.58. The lowest BCUT2D eigenvalue weighted by molar-refractivity contribution is -0.121. The highest BCUT2D eigenvalue weighted by molar-refractivity contribution is 5.95. The second-order valence-electron chi connectivity index (χ2n) is 1.70. The number of hydrogen-bond acceptors (Lipinski definition) is 3. The third-order valence-corrected chi connectivity index (χ3v) is 0.833. The van der Waals surface area contributed by atoms with Crippen LogP contribution in [0.5, 0.6) is 0 Å². The predicted molar refractivity (Wildman–Crippen MR) is 32.5 cm³/mol. The van der Waals surface area contributed by atoms with E-state index in [2.05, 4.69) is 5.73 Å². The molecule has 0 saturated carbocycles. The number of nitriles is 1. The van der Waals surface area contributed by atoms with Crippen LogP contribution < -0.4 is 11.1 Å². The fraction of sp³-hybridized carbons (Fsp3) is 0.400. The summed E-state index contributed by atoms with van der Waals surface area (Å²) in [6.07, 6.45) is 0. The van der Waals surface area contributed by atoms with Crippen LogP contribution in [0.1, 0.15) is 6.92 Å². The van der Waals surface area contributed by atoms with Crippen LogP contribution >= 0.6 is 0 Å². The van der Waals surface area contributed by atoms with Crippen LogP contribution in [-0.4, -0.2) is 11.9 Å². The predicted octanol–water partition coefficient (Wildman–Crippen LogP) is -0.659. The highest BCUT2D eigenvalue weighted by Gasteiger charge is 2.12. The first kappa shape index (κ1) is 8.43. The number of primary amides is 1. The van der Waals surface area contributed by atoms with Crippen molar-refractivity contribution in [2.24, 2.45) is 11.7 Å². The summed E-state index contributed by atoms with van der Waals surface area (Å²) in [5, 5.41) is 9.93. The van der Waals surface area contributed by atoms with Crippen LogP contribution in [0.15, 0.2) is 0 Å². The Bertz CT molecular complexity index is 194. The highest BCUT2D eigenvalue weighted by atomic mass is 16.2. The monoisotopic (exact) mass is 141 g/mol. The van der Waals surface area contributed by atoms with Crippen molar-refractivity contribution < 1.29 is 9.59 Å². The van der Waals surface area contributed by atoms with Gasteiger partial charge in [-0.15, -0.1) is 0 Å². The summed E-state index contributed by atoms with van der Waals surface area (Å²) in [6.45, 7) is 1.37. The molecule has 0 saturated heterocycles. The summed E-state index contributed by atoms with van der Waals surface area (Å²) in [7, 11) is 0. The van der Waals surface area contributed by atoms with Gasteiger partial charge in [-0.3, -0.25) is 10.1 Å². The minimum Gasteiger partial charge on any atom is -0.351 e. The molecule has 0 fully saturated rings. The molecule has 0 aliphatic carbocycles. The molecule has 1 unspecified atom stereocenters. The second kappa shape index (κ2) is 3.45. The molecule has 0 heterocycles. The van der Waals surface area contributed by atoms with Crippen molar-refractivity contribution in [3.05, 3.63) is 0 Å². The van der Waals surface area contributed by atoms with Crippen LogP contribution in [-0.2, 0) is 4.79 Å². The van der Waals surface area contributed by atoms with Crippen LogP contribution in [0.2, 0.25) is 0 Å². The SMILES string of the molecule is CC(C#N)C(=O)NC(N)=O. The van der Waals surface area contributed by atoms with Crippen LogP contribution in [0, 0.1) is 17.2 Å². The van der Waals surface area contributed by atoms with Crippen LogP contribution in [0.4, 0.5) is 4.79 Å². The molecular formula is C5H7N3O2. The number of hydrogen-bond donors (Lipinski definition) is 2. The molecule has 0 spiro atoms. The Morgan fingerprint density at radius 2 is 2.20 bits per heavy atom. The van der Waals surface area contributed by atoms with Gasteiger partial charge in [-0.05, 0) is 6.92 Å². The van der Waals surface area contributed by atoms with E-state index in [9.17, 15) is 9.59 Å². The van der Waals surface area contributed by atoms with Gasteiger partial charge in [0.2, 0.25) is 5.91 Å². The standard InChI is InChI=1S/C5H7N3O2/c1-3(2-6)4(9)8-5(7)10/h3H,1H3,(H3,7,8,9,10). The number of amides is 3. The zero-order chi connectivity index (χ0) is 8.15. The van der Waals surface area contributed by atoms with Gasteiger partial charge in [0.25, 0.3) is 0 Å². The lowest BCUT2D eigenvalue weighted by atomic mass is 10.2. The van der Waals surface area contributed by atoms with Crippen molar-refractivity contribution >= 4 is 11.9 Å². The summed E-state index contributed by atoms with van der Waals surface area (Å²) in [5.41, 5.74) is 4.61. The van der Waals surface area contributed by atoms with Gasteiger partial charge in [0.15, 0.2) is 0 Å². The largest absolute Gasteiger partial charge is 0.351 e. The smallest absolute Gasteiger partial charge is 0.318 e. The molecule has 3 N–H and O–H groups in total. The van der Waals surface area contributed by atoms with Gasteiger partial charge in [0, 0.05) is 0 Å². The Hall–Kier alpha value is -1.57. The lowest BCUT2D eigenvalue weighted by Crippen LogP contribution is -2.37. The van der Waals surface area contributed by atoms with Gasteiger partial charge < -0.3 is 5.73 Å². The normalized spacial score (nSPS) is 11.2. The van der Waals surface area contributed by atoms with Crippen molar-refractivity contribution in [1.29, 1.82) is 5.26 Å². The molecule has 3 amide bonds. The van der Waals surface area contributed by atoms with Crippen LogP contribution in [0.25, 0.3) is 0 Å². The zero-order valence-corrected chi connectivity index (χ0v) is 5.42. The number of urea groups is 1. The maximum atomic E-state index is 10.6. The molecule has 0 rings (SSSR count). The van der Waals surface area contributed by atoms with E-state index >= 15 is 0 Å². The Morgan fingerprint density at radius 1 is 1.70 bits per heavy atom. The molecule has 5 nitrogen and oxygen atoms in total. The topological polar surface area (TPSA) is 96.0 Å². The average molecular weight is 141 g/mol. The van der Waals surface area contributed by atoms with E-state index in [1.165, 1.54) is 6.92 Å². The number of nitrogens with two attached hydrogens (primary N) is 1. The van der Waals surface area contributed by atoms with E-state index in [1.807, 2.05) is 0 Å². The molecule has 0 aromatic rings. The van der Waals surface area contributed by atoms with Crippen molar-refractivity contribution in [2.45, 2.75) is 6.92 Å². The molecular weight excluding hydrogens is 134 g/mol. The molecule has 1 atom stereocenters. The van der Waals surface area contributed by atoms with E-state index < -0.39 is 17.9 Å². The highest BCUT2D eigenvalue weighted by Crippen LogP contribution is 1.89. The average Bonchev–Trinajstić information content (AvgIpc) is 1.85. The minimum absolute atomic E-state index is 0.671. The fourth-order valence-electron chi connectivity index (χ4n) is 0.288. The van der Waals surface area contributed by atoms with Crippen molar-refractivity contribution in [3.63, 3.8) is 0 Å². The number of nitrogens with zero attached hydrogens (tertiary/aromatic N) is 1. The summed E-state index contributed by atoms with van der Waals surface area (Å²) < 4.78 is 0. The molecule has 0 aliphatic rings. The van der Waals surface area contributed by atoms with Gasteiger partial charge in [0.05, 0.1) is 6.07 Å². The van der Waals surface area contributed by atoms with E-state index in [0.29, 0.717) is 0 Å². The van der Waals surface area contributed by atoms with Crippen molar-refractivity contribution in [3.8, 4) is 6.07 Å². The maximum absolute atomic E-state index is 10.6. The molecule has 0 aromatic carbocycles. The molecule has 0 aliphatic heterocycles. The minimum atomic E-state index is -0.938. The molecule has 10 heavy (non-hydrogen) atoms. The zero-order valence-electron chi connectivity index (χ0n) is 5.42. The first-order valence-electron chi connectivity index (χ1n) is 2.58. The summed E-state index contributed by atoms with van der Waals surface area (Å²) in [4.78, 5) is 20.6. The Kier molecular flexibility index (Phi) is 2.91. The van der Waals surface area contributed by atoms with E-state index in [1.54, 1.807) is 11.4 Å². The lowest BCUT2D eigenvalue weighted by Gasteiger charge is -1.99. The van der Waals surface area contributed by atoms with Gasteiger partial charge in [-0.1, -0.05) is 0 Å². The van der Waals surface area contributed by atoms with Gasteiger partial charge >= 0.3 is 6.03 Å². The summed E-state index contributed by atoms with van der Waals surface area (Å²) >= 11 is 0. The van der Waals surface area contributed by atoms with E-state index in [-0.39, 0.29) is 0 Å². The molecule has 5 heteroatoms. The Morgan fingerprint density at radius 3 is 2.50 bits per heavy atom. The number of imide groups is 1. The molecule has 0 aromatic heterocycles. The number of carbonyl (C=O) groups is 2. The molecule has 0 bridgehead atoms. The number of rotatable bonds is 1. The van der Waals surface area contributed by atoms with Crippen LogP contribution in [0.3, 0.4) is 0 Å².